The van der Waals surface area contributed by atoms with Crippen molar-refractivity contribution in [2.75, 3.05) is 13.1 Å². The Morgan fingerprint density at radius 2 is 1.69 bits per heavy atom. The Balaban J connectivity index is 2.08. The van der Waals surface area contributed by atoms with Crippen LogP contribution < -0.4 is 0 Å². The summed E-state index contributed by atoms with van der Waals surface area (Å²) >= 11 is 0. The van der Waals surface area contributed by atoms with Gasteiger partial charge in [-0.05, 0) is 44.9 Å². The van der Waals surface area contributed by atoms with Gasteiger partial charge in [-0.25, -0.2) is 0 Å². The van der Waals surface area contributed by atoms with Crippen molar-refractivity contribution in [1.29, 1.82) is 0 Å². The molecule has 2 aliphatic rings. The number of amides is 1. The number of hydrogen-bond donors (Lipinski definition) is 1. The maximum absolute atomic E-state index is 12.1. The molecule has 90 valence electrons. The number of piperidine rings is 1. The highest BCUT2D eigenvalue weighted by atomic mass is 16.4. The lowest BCUT2D eigenvalue weighted by atomic mass is 9.89. The van der Waals surface area contributed by atoms with Crippen LogP contribution in [-0.4, -0.2) is 35.0 Å². The summed E-state index contributed by atoms with van der Waals surface area (Å²) < 4.78 is 0. The number of likely N-dealkylation sites (tertiary alicyclic amines) is 1. The van der Waals surface area contributed by atoms with E-state index in [2.05, 4.69) is 0 Å². The van der Waals surface area contributed by atoms with Crippen LogP contribution in [0.2, 0.25) is 0 Å². The predicted molar refractivity (Wildman–Crippen MR) is 58.8 cm³/mol. The van der Waals surface area contributed by atoms with Crippen LogP contribution in [0.3, 0.4) is 0 Å². The first-order valence-electron chi connectivity index (χ1n) is 5.94. The largest absolute Gasteiger partial charge is 0.480 e. The van der Waals surface area contributed by atoms with E-state index in [0.717, 1.165) is 13.1 Å². The number of rotatable bonds is 2. The van der Waals surface area contributed by atoms with Crippen LogP contribution in [0.1, 0.15) is 33.1 Å². The first-order valence-corrected chi connectivity index (χ1v) is 5.94. The van der Waals surface area contributed by atoms with Crippen molar-refractivity contribution in [3.8, 4) is 0 Å². The van der Waals surface area contributed by atoms with E-state index in [0.29, 0.717) is 11.8 Å². The molecule has 4 heteroatoms. The molecular weight excluding hydrogens is 206 g/mol. The quantitative estimate of drug-likeness (QED) is 0.722. The van der Waals surface area contributed by atoms with E-state index in [1.165, 1.54) is 33.1 Å². The zero-order valence-corrected chi connectivity index (χ0v) is 9.90. The molecule has 4 nitrogen and oxygen atoms in total. The number of hydrogen-bond acceptors (Lipinski definition) is 2. The molecule has 2 atom stereocenters. The van der Waals surface area contributed by atoms with Gasteiger partial charge in [0.2, 0.25) is 5.91 Å². The number of carbonyl (C=O) groups is 2. The van der Waals surface area contributed by atoms with Crippen molar-refractivity contribution >= 4 is 11.9 Å². The Morgan fingerprint density at radius 3 is 2.12 bits per heavy atom. The summed E-state index contributed by atoms with van der Waals surface area (Å²) in [5, 5.41) is 9.04. The molecule has 1 amide bonds. The number of aliphatic carboxylic acids is 1. The Kier molecular flexibility index (Phi) is 2.68. The zero-order chi connectivity index (χ0) is 11.9. The van der Waals surface area contributed by atoms with Gasteiger partial charge >= 0.3 is 5.97 Å². The van der Waals surface area contributed by atoms with Crippen molar-refractivity contribution in [1.82, 2.24) is 4.90 Å². The van der Waals surface area contributed by atoms with E-state index < -0.39 is 11.4 Å². The summed E-state index contributed by atoms with van der Waals surface area (Å²) in [4.78, 5) is 24.9. The molecule has 0 spiro atoms. The van der Waals surface area contributed by atoms with Gasteiger partial charge in [0.05, 0.1) is 0 Å². The molecule has 1 N–H and O–H groups in total. The minimum absolute atomic E-state index is 0.225. The van der Waals surface area contributed by atoms with E-state index >= 15 is 0 Å². The summed E-state index contributed by atoms with van der Waals surface area (Å²) in [6.07, 6.45) is 3.61. The first-order chi connectivity index (χ1) is 7.41. The van der Waals surface area contributed by atoms with E-state index in [9.17, 15) is 9.59 Å². The van der Waals surface area contributed by atoms with Gasteiger partial charge in [-0.2, -0.15) is 0 Å². The summed E-state index contributed by atoms with van der Waals surface area (Å²) in [7, 11) is 0. The second-order valence-electron chi connectivity index (χ2n) is 5.69. The Bertz CT molecular complexity index is 312. The molecule has 16 heavy (non-hydrogen) atoms. The van der Waals surface area contributed by atoms with Crippen LogP contribution in [-0.2, 0) is 9.59 Å². The third-order valence-corrected chi connectivity index (χ3v) is 3.96. The molecule has 1 heterocycles. The molecule has 2 unspecified atom stereocenters. The Hall–Kier alpha value is -1.06. The zero-order valence-electron chi connectivity index (χ0n) is 9.90. The average molecular weight is 225 g/mol. The average Bonchev–Trinajstić information content (AvgIpc) is 2.56. The number of carboxylic acids is 1. The van der Waals surface area contributed by atoms with Crippen LogP contribution in [0, 0.1) is 17.3 Å². The Labute approximate surface area is 95.6 Å². The van der Waals surface area contributed by atoms with E-state index in [1.807, 2.05) is 0 Å². The van der Waals surface area contributed by atoms with Gasteiger partial charge in [0.15, 0.2) is 0 Å². The van der Waals surface area contributed by atoms with Crippen LogP contribution in [0.15, 0.2) is 0 Å². The van der Waals surface area contributed by atoms with Gasteiger partial charge in [-0.3, -0.25) is 9.59 Å². The molecule has 1 aliphatic heterocycles. The fourth-order valence-electron chi connectivity index (χ4n) is 2.86. The maximum Gasteiger partial charge on any atom is 0.318 e. The standard InChI is InChI=1S/C12H19NO3/c1-12(2,11(15)16)10(14)13-6-8-3-4-9(5-8)7-13/h8-9H,3-7H2,1-2H3,(H,15,16). The third-order valence-electron chi connectivity index (χ3n) is 3.96. The molecule has 1 saturated heterocycles. The summed E-state index contributed by atoms with van der Waals surface area (Å²) in [5.74, 6) is -0.0494. The normalized spacial score (nSPS) is 29.2. The molecule has 0 radical (unpaired) electrons. The lowest BCUT2D eigenvalue weighted by Crippen LogP contribution is -2.49. The van der Waals surface area contributed by atoms with Crippen molar-refractivity contribution in [3.05, 3.63) is 0 Å². The molecule has 1 aliphatic carbocycles. The SMILES string of the molecule is CC(C)(C(=O)O)C(=O)N1CC2CCC(C2)C1. The van der Waals surface area contributed by atoms with Gasteiger partial charge in [0.1, 0.15) is 5.41 Å². The van der Waals surface area contributed by atoms with Gasteiger partial charge < -0.3 is 10.0 Å². The van der Waals surface area contributed by atoms with Crippen LogP contribution in [0.25, 0.3) is 0 Å². The van der Waals surface area contributed by atoms with Gasteiger partial charge in [-0.15, -0.1) is 0 Å². The number of carbonyl (C=O) groups excluding carboxylic acids is 1. The second-order valence-corrected chi connectivity index (χ2v) is 5.69. The molecule has 1 saturated carbocycles. The molecule has 2 fully saturated rings. The summed E-state index contributed by atoms with van der Waals surface area (Å²) in [6, 6.07) is 0. The predicted octanol–water partition coefficient (Wildman–Crippen LogP) is 1.36. The monoisotopic (exact) mass is 225 g/mol. The number of carboxylic acid groups (broad SMARTS) is 1. The third kappa shape index (κ3) is 1.81. The minimum atomic E-state index is -1.28. The van der Waals surface area contributed by atoms with E-state index in [1.54, 1.807) is 4.90 Å². The summed E-state index contributed by atoms with van der Waals surface area (Å²) in [5.41, 5.74) is -1.28. The van der Waals surface area contributed by atoms with Crippen molar-refractivity contribution in [2.24, 2.45) is 17.3 Å². The highest BCUT2D eigenvalue weighted by Crippen LogP contribution is 2.37. The highest BCUT2D eigenvalue weighted by molar-refractivity contribution is 6.01. The smallest absolute Gasteiger partial charge is 0.318 e. The van der Waals surface area contributed by atoms with Crippen LogP contribution in [0.4, 0.5) is 0 Å². The molecule has 0 aromatic carbocycles. The fraction of sp³-hybridized carbons (Fsp3) is 0.833. The second kappa shape index (κ2) is 3.75. The summed E-state index contributed by atoms with van der Waals surface area (Å²) in [6.45, 7) is 4.50. The fourth-order valence-corrected chi connectivity index (χ4v) is 2.86. The lowest BCUT2D eigenvalue weighted by molar-refractivity contribution is -0.159. The van der Waals surface area contributed by atoms with Gasteiger partial charge in [0.25, 0.3) is 0 Å². The number of fused-ring (bicyclic) bond motifs is 2. The van der Waals surface area contributed by atoms with E-state index in [4.69, 9.17) is 5.11 Å². The molecular formula is C12H19NO3. The first kappa shape index (κ1) is 11.4. The number of nitrogens with zero attached hydrogens (tertiary/aromatic N) is 1. The van der Waals surface area contributed by atoms with Crippen molar-refractivity contribution < 1.29 is 14.7 Å². The molecule has 0 aromatic rings. The maximum atomic E-state index is 12.1. The van der Waals surface area contributed by atoms with E-state index in [-0.39, 0.29) is 5.91 Å². The molecule has 2 rings (SSSR count). The highest BCUT2D eigenvalue weighted by Gasteiger charge is 2.43. The van der Waals surface area contributed by atoms with Crippen molar-refractivity contribution in [2.45, 2.75) is 33.1 Å². The topological polar surface area (TPSA) is 57.6 Å². The minimum Gasteiger partial charge on any atom is -0.480 e. The van der Waals surface area contributed by atoms with Gasteiger partial charge in [0, 0.05) is 13.1 Å². The van der Waals surface area contributed by atoms with Crippen LogP contribution in [0.5, 0.6) is 0 Å². The van der Waals surface area contributed by atoms with Crippen molar-refractivity contribution in [3.63, 3.8) is 0 Å². The Morgan fingerprint density at radius 1 is 1.19 bits per heavy atom. The molecule has 0 aromatic heterocycles. The van der Waals surface area contributed by atoms with Crippen LogP contribution >= 0.6 is 0 Å². The lowest BCUT2D eigenvalue weighted by Gasteiger charge is -2.35. The van der Waals surface area contributed by atoms with Gasteiger partial charge in [-0.1, -0.05) is 0 Å². The molecule has 2 bridgehead atoms.